The van der Waals surface area contributed by atoms with Crippen LogP contribution < -0.4 is 10.5 Å². The molecular weight excluding hydrogens is 262 g/mol. The van der Waals surface area contributed by atoms with Crippen LogP contribution in [0, 0.1) is 6.92 Å². The second kappa shape index (κ2) is 5.45. The lowest BCUT2D eigenvalue weighted by Crippen LogP contribution is -2.06. The Kier molecular flexibility index (Phi) is 3.90. The molecule has 2 aromatic rings. The van der Waals surface area contributed by atoms with Gasteiger partial charge in [0.25, 0.3) is 0 Å². The minimum atomic E-state index is 0.185. The molecule has 0 fully saturated rings. The number of anilines is 1. The topological polar surface area (TPSA) is 61.0 Å². The van der Waals surface area contributed by atoms with Gasteiger partial charge in [0.05, 0.1) is 5.56 Å². The van der Waals surface area contributed by atoms with Gasteiger partial charge < -0.3 is 10.5 Å². The summed E-state index contributed by atoms with van der Waals surface area (Å²) in [5, 5.41) is 0.612. The second-order valence-electron chi connectivity index (χ2n) is 4.61. The quantitative estimate of drug-likeness (QED) is 0.923. The van der Waals surface area contributed by atoms with E-state index in [1.807, 2.05) is 32.9 Å². The van der Waals surface area contributed by atoms with Crippen LogP contribution in [-0.2, 0) is 0 Å². The van der Waals surface area contributed by atoms with Crippen molar-refractivity contribution in [3.05, 3.63) is 40.7 Å². The maximum atomic E-state index is 5.93. The van der Waals surface area contributed by atoms with Gasteiger partial charge in [-0.3, -0.25) is 0 Å². The molecule has 0 unspecified atom stereocenters. The van der Waals surface area contributed by atoms with E-state index in [1.165, 1.54) is 0 Å². The Balaban J connectivity index is 2.39. The standard InChI is InChI=1S/C14H16ClN3O/c1-8(2)13-17-12(16)9(3)14(18-13)19-11-6-4-5-10(15)7-11/h4-8H,1-3H3,(H2,16,17,18). The Hall–Kier alpha value is -1.81. The van der Waals surface area contributed by atoms with Crippen molar-refractivity contribution in [2.75, 3.05) is 5.73 Å². The molecule has 0 aliphatic carbocycles. The van der Waals surface area contributed by atoms with Crippen molar-refractivity contribution in [3.63, 3.8) is 0 Å². The predicted octanol–water partition coefficient (Wildman–Crippen LogP) is 3.94. The number of hydrogen-bond donors (Lipinski definition) is 1. The van der Waals surface area contributed by atoms with Crippen molar-refractivity contribution in [1.82, 2.24) is 9.97 Å². The molecule has 0 amide bonds. The molecule has 0 saturated heterocycles. The summed E-state index contributed by atoms with van der Waals surface area (Å²) in [7, 11) is 0. The van der Waals surface area contributed by atoms with Crippen LogP contribution in [0.1, 0.15) is 31.2 Å². The summed E-state index contributed by atoms with van der Waals surface area (Å²) in [5.74, 6) is 2.39. The van der Waals surface area contributed by atoms with E-state index in [-0.39, 0.29) is 5.92 Å². The van der Waals surface area contributed by atoms with Gasteiger partial charge in [-0.1, -0.05) is 31.5 Å². The lowest BCUT2D eigenvalue weighted by molar-refractivity contribution is 0.453. The number of halogens is 1. The first kappa shape index (κ1) is 13.6. The minimum Gasteiger partial charge on any atom is -0.438 e. The van der Waals surface area contributed by atoms with E-state index in [9.17, 15) is 0 Å². The number of ether oxygens (including phenoxy) is 1. The third-order valence-corrected chi connectivity index (χ3v) is 2.92. The average molecular weight is 278 g/mol. The molecule has 0 aliphatic heterocycles. The molecule has 1 heterocycles. The fraction of sp³-hybridized carbons (Fsp3) is 0.286. The van der Waals surface area contributed by atoms with Gasteiger partial charge in [0, 0.05) is 10.9 Å². The number of nitrogens with two attached hydrogens (primary N) is 1. The molecule has 19 heavy (non-hydrogen) atoms. The molecule has 0 saturated carbocycles. The lowest BCUT2D eigenvalue weighted by Gasteiger charge is -2.12. The summed E-state index contributed by atoms with van der Waals surface area (Å²) in [5.41, 5.74) is 6.61. The number of hydrogen-bond acceptors (Lipinski definition) is 4. The smallest absolute Gasteiger partial charge is 0.227 e. The van der Waals surface area contributed by atoms with Gasteiger partial charge in [0.1, 0.15) is 17.4 Å². The summed E-state index contributed by atoms with van der Waals surface area (Å²) in [4.78, 5) is 8.65. The fourth-order valence-electron chi connectivity index (χ4n) is 1.53. The highest BCUT2D eigenvalue weighted by Crippen LogP contribution is 2.28. The zero-order valence-electron chi connectivity index (χ0n) is 11.1. The first-order valence-electron chi connectivity index (χ1n) is 6.05. The van der Waals surface area contributed by atoms with Crippen molar-refractivity contribution in [2.45, 2.75) is 26.7 Å². The van der Waals surface area contributed by atoms with E-state index in [0.717, 1.165) is 5.56 Å². The van der Waals surface area contributed by atoms with Crippen LogP contribution in [0.3, 0.4) is 0 Å². The third-order valence-electron chi connectivity index (χ3n) is 2.68. The highest BCUT2D eigenvalue weighted by molar-refractivity contribution is 6.30. The van der Waals surface area contributed by atoms with Gasteiger partial charge in [-0.15, -0.1) is 0 Å². The molecule has 2 rings (SSSR count). The first-order valence-corrected chi connectivity index (χ1v) is 6.42. The van der Waals surface area contributed by atoms with E-state index in [1.54, 1.807) is 12.1 Å². The Bertz CT molecular complexity index is 599. The molecule has 0 bridgehead atoms. The Morgan fingerprint density at radius 3 is 2.63 bits per heavy atom. The predicted molar refractivity (Wildman–Crippen MR) is 76.8 cm³/mol. The zero-order chi connectivity index (χ0) is 14.0. The zero-order valence-corrected chi connectivity index (χ0v) is 11.9. The van der Waals surface area contributed by atoms with Gasteiger partial charge >= 0.3 is 0 Å². The van der Waals surface area contributed by atoms with Crippen LogP contribution in [0.4, 0.5) is 5.82 Å². The largest absolute Gasteiger partial charge is 0.438 e. The monoisotopic (exact) mass is 277 g/mol. The van der Waals surface area contributed by atoms with Gasteiger partial charge in [0.15, 0.2) is 0 Å². The summed E-state index contributed by atoms with van der Waals surface area (Å²) >= 11 is 5.93. The first-order chi connectivity index (χ1) is 8.97. The summed E-state index contributed by atoms with van der Waals surface area (Å²) in [6.07, 6.45) is 0. The lowest BCUT2D eigenvalue weighted by atomic mass is 10.2. The molecule has 100 valence electrons. The van der Waals surface area contributed by atoms with Crippen LogP contribution in [0.25, 0.3) is 0 Å². The number of nitrogen functional groups attached to an aromatic ring is 1. The Morgan fingerprint density at radius 2 is 2.00 bits per heavy atom. The third kappa shape index (κ3) is 3.15. The van der Waals surface area contributed by atoms with Crippen LogP contribution >= 0.6 is 11.6 Å². The molecule has 4 nitrogen and oxygen atoms in total. The summed E-state index contributed by atoms with van der Waals surface area (Å²) in [6, 6.07) is 7.16. The van der Waals surface area contributed by atoms with Crippen molar-refractivity contribution in [2.24, 2.45) is 0 Å². The summed E-state index contributed by atoms with van der Waals surface area (Å²) < 4.78 is 5.75. The molecule has 0 aliphatic rings. The molecule has 5 heteroatoms. The number of aromatic nitrogens is 2. The van der Waals surface area contributed by atoms with Crippen molar-refractivity contribution < 1.29 is 4.74 Å². The molecule has 0 atom stereocenters. The number of rotatable bonds is 3. The summed E-state index contributed by atoms with van der Waals surface area (Å²) in [6.45, 7) is 5.85. The van der Waals surface area contributed by atoms with E-state index in [4.69, 9.17) is 22.1 Å². The maximum absolute atomic E-state index is 5.93. The van der Waals surface area contributed by atoms with Gasteiger partial charge in [-0.25, -0.2) is 4.98 Å². The van der Waals surface area contributed by atoms with Gasteiger partial charge in [-0.2, -0.15) is 4.98 Å². The van der Waals surface area contributed by atoms with E-state index in [2.05, 4.69) is 9.97 Å². The van der Waals surface area contributed by atoms with Crippen LogP contribution in [0.5, 0.6) is 11.6 Å². The van der Waals surface area contributed by atoms with E-state index in [0.29, 0.717) is 28.3 Å². The molecule has 1 aromatic carbocycles. The molecule has 0 spiro atoms. The molecule has 2 N–H and O–H groups in total. The highest BCUT2D eigenvalue weighted by atomic mass is 35.5. The number of nitrogens with zero attached hydrogens (tertiary/aromatic N) is 2. The van der Waals surface area contributed by atoms with Gasteiger partial charge in [-0.05, 0) is 25.1 Å². The van der Waals surface area contributed by atoms with Gasteiger partial charge in [0.2, 0.25) is 5.88 Å². The van der Waals surface area contributed by atoms with Crippen LogP contribution in [0.15, 0.2) is 24.3 Å². The van der Waals surface area contributed by atoms with Crippen molar-refractivity contribution >= 4 is 17.4 Å². The van der Waals surface area contributed by atoms with Crippen LogP contribution in [0.2, 0.25) is 5.02 Å². The average Bonchev–Trinajstić information content (AvgIpc) is 2.34. The Morgan fingerprint density at radius 1 is 1.26 bits per heavy atom. The second-order valence-corrected chi connectivity index (χ2v) is 5.05. The number of benzene rings is 1. The minimum absolute atomic E-state index is 0.185. The normalized spacial score (nSPS) is 10.8. The van der Waals surface area contributed by atoms with E-state index >= 15 is 0 Å². The molecule has 1 aromatic heterocycles. The molecule has 0 radical (unpaired) electrons. The SMILES string of the molecule is Cc1c(N)nc(C(C)C)nc1Oc1cccc(Cl)c1. The highest BCUT2D eigenvalue weighted by Gasteiger charge is 2.13. The molecular formula is C14H16ClN3O. The van der Waals surface area contributed by atoms with Crippen LogP contribution in [-0.4, -0.2) is 9.97 Å². The Labute approximate surface area is 117 Å². The van der Waals surface area contributed by atoms with E-state index < -0.39 is 0 Å². The maximum Gasteiger partial charge on any atom is 0.227 e. The van der Waals surface area contributed by atoms with Crippen molar-refractivity contribution in [1.29, 1.82) is 0 Å². The fourth-order valence-corrected chi connectivity index (χ4v) is 1.71. The van der Waals surface area contributed by atoms with Crippen molar-refractivity contribution in [3.8, 4) is 11.6 Å².